The molecule has 1 saturated carbocycles. The highest BCUT2D eigenvalue weighted by Gasteiger charge is 2.21. The van der Waals surface area contributed by atoms with Gasteiger partial charge >= 0.3 is 0 Å². The van der Waals surface area contributed by atoms with Crippen molar-refractivity contribution >= 4 is 17.6 Å². The minimum absolute atomic E-state index is 0.586. The molecule has 134 valence electrons. The summed E-state index contributed by atoms with van der Waals surface area (Å²) in [7, 11) is 3.81. The minimum atomic E-state index is 0.586. The van der Waals surface area contributed by atoms with Crippen molar-refractivity contribution in [2.75, 3.05) is 47.0 Å². The number of benzene rings is 1. The fraction of sp³-hybridized carbons (Fsp3) is 0.611. The third-order valence-corrected chi connectivity index (χ3v) is 4.16. The van der Waals surface area contributed by atoms with Crippen LogP contribution in [0.3, 0.4) is 0 Å². The fourth-order valence-corrected chi connectivity index (χ4v) is 2.36. The monoisotopic (exact) mass is 353 g/mol. The smallest absolute Gasteiger partial charge is 0.193 e. The molecule has 0 atom stereocenters. The Bertz CT molecular complexity index is 503. The highest BCUT2D eigenvalue weighted by Crippen LogP contribution is 2.28. The predicted molar refractivity (Wildman–Crippen MR) is 98.6 cm³/mol. The maximum Gasteiger partial charge on any atom is 0.193 e. The van der Waals surface area contributed by atoms with E-state index < -0.39 is 0 Å². The van der Waals surface area contributed by atoms with Crippen molar-refractivity contribution in [1.82, 2.24) is 10.2 Å². The number of guanidine groups is 1. The summed E-state index contributed by atoms with van der Waals surface area (Å²) < 4.78 is 11.3. The van der Waals surface area contributed by atoms with Gasteiger partial charge in [0, 0.05) is 38.8 Å². The molecule has 0 aromatic heterocycles. The standard InChI is InChI=1S/C18H28ClN3O2/c1-20-18(22(2)10-12-24-14-15-3-4-15)21-9-11-23-13-16-5-7-17(19)8-6-16/h5-8,15H,3-4,9-14H2,1-2H3,(H,20,21). The molecule has 1 fully saturated rings. The molecule has 1 aromatic rings. The number of aliphatic imine (C=N–C) groups is 1. The Morgan fingerprint density at radius 3 is 2.67 bits per heavy atom. The zero-order valence-corrected chi connectivity index (χ0v) is 15.4. The summed E-state index contributed by atoms with van der Waals surface area (Å²) in [6.45, 7) is 4.39. The van der Waals surface area contributed by atoms with Gasteiger partial charge in [0.15, 0.2) is 5.96 Å². The summed E-state index contributed by atoms with van der Waals surface area (Å²) in [6, 6.07) is 7.70. The Balaban J connectivity index is 1.54. The third kappa shape index (κ3) is 7.51. The lowest BCUT2D eigenvalue weighted by molar-refractivity contribution is 0.113. The van der Waals surface area contributed by atoms with Gasteiger partial charge in [-0.15, -0.1) is 0 Å². The zero-order valence-electron chi connectivity index (χ0n) is 14.6. The van der Waals surface area contributed by atoms with E-state index in [9.17, 15) is 0 Å². The number of rotatable bonds is 10. The second kappa shape index (κ2) is 10.5. The molecule has 0 aliphatic heterocycles. The maximum atomic E-state index is 5.86. The van der Waals surface area contributed by atoms with Gasteiger partial charge in [0.25, 0.3) is 0 Å². The molecular weight excluding hydrogens is 326 g/mol. The van der Waals surface area contributed by atoms with Crippen LogP contribution in [0, 0.1) is 5.92 Å². The molecule has 0 spiro atoms. The van der Waals surface area contributed by atoms with Crippen LogP contribution in [0.2, 0.25) is 5.02 Å². The molecule has 0 saturated heterocycles. The molecule has 6 heteroatoms. The Hall–Kier alpha value is -1.30. The molecule has 0 unspecified atom stereocenters. The summed E-state index contributed by atoms with van der Waals surface area (Å²) in [5.74, 6) is 1.67. The van der Waals surface area contributed by atoms with E-state index in [1.807, 2.05) is 31.3 Å². The second-order valence-corrected chi connectivity index (χ2v) is 6.53. The first-order valence-corrected chi connectivity index (χ1v) is 8.88. The molecule has 0 heterocycles. The van der Waals surface area contributed by atoms with Crippen LogP contribution in [0.1, 0.15) is 18.4 Å². The maximum absolute atomic E-state index is 5.86. The lowest BCUT2D eigenvalue weighted by atomic mass is 10.2. The summed E-state index contributed by atoms with van der Waals surface area (Å²) in [5, 5.41) is 4.04. The third-order valence-electron chi connectivity index (χ3n) is 3.91. The average Bonchev–Trinajstić information content (AvgIpc) is 3.41. The topological polar surface area (TPSA) is 46.1 Å². The SMILES string of the molecule is CN=C(NCCOCc1ccc(Cl)cc1)N(C)CCOCC1CC1. The molecule has 1 aromatic carbocycles. The molecular formula is C18H28ClN3O2. The van der Waals surface area contributed by atoms with Gasteiger partial charge in [0.05, 0.1) is 19.8 Å². The van der Waals surface area contributed by atoms with Crippen LogP contribution in [-0.4, -0.2) is 57.9 Å². The lowest BCUT2D eigenvalue weighted by Crippen LogP contribution is -2.41. The van der Waals surface area contributed by atoms with Crippen molar-refractivity contribution in [3.8, 4) is 0 Å². The van der Waals surface area contributed by atoms with Crippen LogP contribution in [0.15, 0.2) is 29.3 Å². The quantitative estimate of drug-likeness (QED) is 0.399. The molecule has 24 heavy (non-hydrogen) atoms. The van der Waals surface area contributed by atoms with E-state index in [0.29, 0.717) is 19.8 Å². The number of nitrogens with zero attached hydrogens (tertiary/aromatic N) is 2. The lowest BCUT2D eigenvalue weighted by Gasteiger charge is -2.22. The van der Waals surface area contributed by atoms with Crippen LogP contribution < -0.4 is 5.32 Å². The van der Waals surface area contributed by atoms with Gasteiger partial charge < -0.3 is 19.7 Å². The summed E-state index contributed by atoms with van der Waals surface area (Å²) in [4.78, 5) is 6.36. The van der Waals surface area contributed by atoms with Crippen LogP contribution in [0.25, 0.3) is 0 Å². The number of ether oxygens (including phenoxy) is 2. The van der Waals surface area contributed by atoms with E-state index in [4.69, 9.17) is 21.1 Å². The first-order chi connectivity index (χ1) is 11.7. The Kier molecular flexibility index (Phi) is 8.36. The van der Waals surface area contributed by atoms with E-state index in [-0.39, 0.29) is 0 Å². The molecule has 0 radical (unpaired) electrons. The Labute approximate surface area is 150 Å². The second-order valence-electron chi connectivity index (χ2n) is 6.09. The van der Waals surface area contributed by atoms with Crippen LogP contribution in [-0.2, 0) is 16.1 Å². The number of hydrogen-bond acceptors (Lipinski definition) is 3. The fourth-order valence-electron chi connectivity index (χ4n) is 2.23. The van der Waals surface area contributed by atoms with E-state index in [0.717, 1.165) is 42.2 Å². The van der Waals surface area contributed by atoms with E-state index in [1.165, 1.54) is 12.8 Å². The van der Waals surface area contributed by atoms with E-state index in [1.54, 1.807) is 7.05 Å². The predicted octanol–water partition coefficient (Wildman–Crippen LogP) is 2.79. The first-order valence-electron chi connectivity index (χ1n) is 8.50. The number of hydrogen-bond donors (Lipinski definition) is 1. The van der Waals surface area contributed by atoms with Crippen molar-refractivity contribution in [1.29, 1.82) is 0 Å². The summed E-state index contributed by atoms with van der Waals surface area (Å²) >= 11 is 5.86. The largest absolute Gasteiger partial charge is 0.379 e. The van der Waals surface area contributed by atoms with Gasteiger partial charge in [-0.05, 0) is 36.5 Å². The Morgan fingerprint density at radius 2 is 2.00 bits per heavy atom. The normalized spacial score (nSPS) is 14.7. The van der Waals surface area contributed by atoms with Crippen LogP contribution in [0.5, 0.6) is 0 Å². The number of likely N-dealkylation sites (N-methyl/N-ethyl adjacent to an activating group) is 1. The Morgan fingerprint density at radius 1 is 1.25 bits per heavy atom. The molecule has 1 N–H and O–H groups in total. The van der Waals surface area contributed by atoms with Crippen LogP contribution in [0.4, 0.5) is 0 Å². The summed E-state index contributed by atoms with van der Waals surface area (Å²) in [5.41, 5.74) is 1.12. The average molecular weight is 354 g/mol. The van der Waals surface area contributed by atoms with Gasteiger partial charge in [0.1, 0.15) is 0 Å². The molecule has 0 bridgehead atoms. The first kappa shape index (κ1) is 19.0. The minimum Gasteiger partial charge on any atom is -0.379 e. The van der Waals surface area contributed by atoms with Crippen molar-refractivity contribution in [3.05, 3.63) is 34.9 Å². The van der Waals surface area contributed by atoms with E-state index in [2.05, 4.69) is 15.2 Å². The highest BCUT2D eigenvalue weighted by molar-refractivity contribution is 6.30. The number of halogens is 1. The summed E-state index contributed by atoms with van der Waals surface area (Å²) in [6.07, 6.45) is 2.66. The van der Waals surface area contributed by atoms with Crippen molar-refractivity contribution in [3.63, 3.8) is 0 Å². The van der Waals surface area contributed by atoms with Gasteiger partial charge in [-0.1, -0.05) is 23.7 Å². The zero-order chi connectivity index (χ0) is 17.2. The van der Waals surface area contributed by atoms with Gasteiger partial charge in [-0.25, -0.2) is 0 Å². The van der Waals surface area contributed by atoms with E-state index >= 15 is 0 Å². The molecule has 1 aliphatic rings. The molecule has 1 aliphatic carbocycles. The van der Waals surface area contributed by atoms with Crippen LogP contribution >= 0.6 is 11.6 Å². The van der Waals surface area contributed by atoms with Gasteiger partial charge in [0.2, 0.25) is 0 Å². The highest BCUT2D eigenvalue weighted by atomic mass is 35.5. The molecule has 2 rings (SSSR count). The van der Waals surface area contributed by atoms with Gasteiger partial charge in [-0.3, -0.25) is 4.99 Å². The number of nitrogens with one attached hydrogen (secondary N) is 1. The molecule has 0 amide bonds. The van der Waals surface area contributed by atoms with Crippen molar-refractivity contribution in [2.45, 2.75) is 19.4 Å². The van der Waals surface area contributed by atoms with Crippen molar-refractivity contribution < 1.29 is 9.47 Å². The molecule has 5 nitrogen and oxygen atoms in total. The van der Waals surface area contributed by atoms with Crippen molar-refractivity contribution in [2.24, 2.45) is 10.9 Å². The van der Waals surface area contributed by atoms with Gasteiger partial charge in [-0.2, -0.15) is 0 Å².